The summed E-state index contributed by atoms with van der Waals surface area (Å²) < 4.78 is 13.0. The molecule has 0 aliphatic carbocycles. The number of carbonyl (C=O) groups is 1. The SMILES string of the molecule is Cc1nc(Nc2ccc(F)cc2)cc(C(=O)Nc2ccccc2Cl)n1. The number of halogens is 2. The quantitative estimate of drug-likeness (QED) is 0.718. The van der Waals surface area contributed by atoms with Gasteiger partial charge in [-0.15, -0.1) is 0 Å². The summed E-state index contributed by atoms with van der Waals surface area (Å²) in [6.07, 6.45) is 0. The second-order valence-electron chi connectivity index (χ2n) is 5.25. The van der Waals surface area contributed by atoms with Crippen molar-refractivity contribution in [1.29, 1.82) is 0 Å². The molecule has 7 heteroatoms. The molecule has 1 aromatic heterocycles. The maximum absolute atomic E-state index is 13.0. The van der Waals surface area contributed by atoms with Crippen molar-refractivity contribution in [2.45, 2.75) is 6.92 Å². The zero-order valence-electron chi connectivity index (χ0n) is 13.3. The summed E-state index contributed by atoms with van der Waals surface area (Å²) in [5.74, 6) is 0.129. The number of rotatable bonds is 4. The number of para-hydroxylation sites is 1. The van der Waals surface area contributed by atoms with E-state index in [0.29, 0.717) is 28.0 Å². The molecule has 2 N–H and O–H groups in total. The van der Waals surface area contributed by atoms with E-state index in [9.17, 15) is 9.18 Å². The van der Waals surface area contributed by atoms with Gasteiger partial charge in [0, 0.05) is 11.8 Å². The number of amides is 1. The first-order valence-electron chi connectivity index (χ1n) is 7.45. The van der Waals surface area contributed by atoms with Gasteiger partial charge in [0.15, 0.2) is 0 Å². The summed E-state index contributed by atoms with van der Waals surface area (Å²) in [5.41, 5.74) is 1.34. The van der Waals surface area contributed by atoms with Crippen LogP contribution in [0.1, 0.15) is 16.3 Å². The molecule has 0 saturated heterocycles. The third-order valence-electron chi connectivity index (χ3n) is 3.31. The Morgan fingerprint density at radius 2 is 1.80 bits per heavy atom. The Bertz CT molecular complexity index is 915. The van der Waals surface area contributed by atoms with Crippen molar-refractivity contribution in [3.8, 4) is 0 Å². The number of carbonyl (C=O) groups excluding carboxylic acids is 1. The van der Waals surface area contributed by atoms with Gasteiger partial charge in [0.2, 0.25) is 0 Å². The monoisotopic (exact) mass is 356 g/mol. The topological polar surface area (TPSA) is 66.9 Å². The smallest absolute Gasteiger partial charge is 0.274 e. The van der Waals surface area contributed by atoms with E-state index < -0.39 is 5.91 Å². The molecule has 0 atom stereocenters. The zero-order chi connectivity index (χ0) is 17.8. The molecule has 3 rings (SSSR count). The lowest BCUT2D eigenvalue weighted by Gasteiger charge is -2.10. The van der Waals surface area contributed by atoms with Crippen molar-refractivity contribution in [1.82, 2.24) is 9.97 Å². The van der Waals surface area contributed by atoms with Crippen molar-refractivity contribution in [3.05, 3.63) is 77.0 Å². The van der Waals surface area contributed by atoms with E-state index in [1.165, 1.54) is 18.2 Å². The van der Waals surface area contributed by atoms with Crippen LogP contribution in [0.4, 0.5) is 21.6 Å². The second-order valence-corrected chi connectivity index (χ2v) is 5.66. The van der Waals surface area contributed by atoms with Crippen LogP contribution >= 0.6 is 11.6 Å². The molecule has 0 aliphatic heterocycles. The molecule has 25 heavy (non-hydrogen) atoms. The second kappa shape index (κ2) is 7.27. The minimum Gasteiger partial charge on any atom is -0.340 e. The maximum atomic E-state index is 13.0. The lowest BCUT2D eigenvalue weighted by Crippen LogP contribution is -2.15. The van der Waals surface area contributed by atoms with Gasteiger partial charge in [0.05, 0.1) is 10.7 Å². The molecule has 1 heterocycles. The van der Waals surface area contributed by atoms with Gasteiger partial charge < -0.3 is 10.6 Å². The van der Waals surface area contributed by atoms with Gasteiger partial charge in [0.25, 0.3) is 5.91 Å². The minimum absolute atomic E-state index is 0.192. The van der Waals surface area contributed by atoms with Crippen LogP contribution in [0.25, 0.3) is 0 Å². The van der Waals surface area contributed by atoms with Gasteiger partial charge in [-0.2, -0.15) is 0 Å². The Labute approximate surface area is 148 Å². The van der Waals surface area contributed by atoms with Gasteiger partial charge in [-0.25, -0.2) is 14.4 Å². The molecule has 126 valence electrons. The summed E-state index contributed by atoms with van der Waals surface area (Å²) in [7, 11) is 0. The van der Waals surface area contributed by atoms with E-state index in [1.807, 2.05) is 0 Å². The molecule has 5 nitrogen and oxygen atoms in total. The molecule has 3 aromatic rings. The highest BCUT2D eigenvalue weighted by Crippen LogP contribution is 2.22. The van der Waals surface area contributed by atoms with Crippen LogP contribution in [0.3, 0.4) is 0 Å². The number of aromatic nitrogens is 2. The zero-order valence-corrected chi connectivity index (χ0v) is 14.0. The van der Waals surface area contributed by atoms with Gasteiger partial charge in [-0.3, -0.25) is 4.79 Å². The van der Waals surface area contributed by atoms with Crippen molar-refractivity contribution >= 4 is 34.7 Å². The van der Waals surface area contributed by atoms with Crippen LogP contribution in [0, 0.1) is 12.7 Å². The Kier molecular flexibility index (Phi) is 4.90. The van der Waals surface area contributed by atoms with E-state index >= 15 is 0 Å². The van der Waals surface area contributed by atoms with Crippen LogP contribution < -0.4 is 10.6 Å². The normalized spacial score (nSPS) is 10.4. The van der Waals surface area contributed by atoms with E-state index in [0.717, 1.165) is 0 Å². The molecule has 1 amide bonds. The fraction of sp³-hybridized carbons (Fsp3) is 0.0556. The van der Waals surface area contributed by atoms with E-state index in [1.54, 1.807) is 43.3 Å². The first-order chi connectivity index (χ1) is 12.0. The van der Waals surface area contributed by atoms with E-state index in [4.69, 9.17) is 11.6 Å². The molecule has 0 spiro atoms. The maximum Gasteiger partial charge on any atom is 0.274 e. The number of hydrogen-bond acceptors (Lipinski definition) is 4. The van der Waals surface area contributed by atoms with Gasteiger partial charge >= 0.3 is 0 Å². The number of anilines is 3. The molecule has 2 aromatic carbocycles. The van der Waals surface area contributed by atoms with Gasteiger partial charge in [0.1, 0.15) is 23.2 Å². The highest BCUT2D eigenvalue weighted by Gasteiger charge is 2.12. The molecule has 0 aliphatic rings. The predicted octanol–water partition coefficient (Wildman–Crippen LogP) is 4.57. The highest BCUT2D eigenvalue weighted by molar-refractivity contribution is 6.33. The standard InChI is InChI=1S/C18H14ClFN4O/c1-11-21-16(18(25)24-15-5-3-2-4-14(15)19)10-17(22-11)23-13-8-6-12(20)7-9-13/h2-10H,1H3,(H,24,25)(H,21,22,23). The van der Waals surface area contributed by atoms with Crippen molar-refractivity contribution in [2.24, 2.45) is 0 Å². The Balaban J connectivity index is 1.82. The third-order valence-corrected chi connectivity index (χ3v) is 3.64. The number of benzene rings is 2. The average molecular weight is 357 g/mol. The van der Waals surface area contributed by atoms with Crippen LogP contribution in [0.5, 0.6) is 0 Å². The predicted molar refractivity (Wildman–Crippen MR) is 95.9 cm³/mol. The first kappa shape index (κ1) is 16.9. The number of nitrogens with zero attached hydrogens (tertiary/aromatic N) is 2. The van der Waals surface area contributed by atoms with E-state index in [2.05, 4.69) is 20.6 Å². The Hall–Kier alpha value is -2.99. The first-order valence-corrected chi connectivity index (χ1v) is 7.83. The lowest BCUT2D eigenvalue weighted by molar-refractivity contribution is 0.102. The molecule has 0 radical (unpaired) electrons. The van der Waals surface area contributed by atoms with Crippen LogP contribution in [0.15, 0.2) is 54.6 Å². The van der Waals surface area contributed by atoms with Crippen molar-refractivity contribution < 1.29 is 9.18 Å². The highest BCUT2D eigenvalue weighted by atomic mass is 35.5. The van der Waals surface area contributed by atoms with Crippen molar-refractivity contribution in [3.63, 3.8) is 0 Å². The number of hydrogen-bond donors (Lipinski definition) is 2. The number of aryl methyl sites for hydroxylation is 1. The fourth-order valence-corrected chi connectivity index (χ4v) is 2.36. The van der Waals surface area contributed by atoms with E-state index in [-0.39, 0.29) is 11.5 Å². The van der Waals surface area contributed by atoms with Crippen LogP contribution in [0.2, 0.25) is 5.02 Å². The van der Waals surface area contributed by atoms with Crippen LogP contribution in [-0.4, -0.2) is 15.9 Å². The third kappa shape index (κ3) is 4.30. The van der Waals surface area contributed by atoms with Gasteiger partial charge in [-0.1, -0.05) is 23.7 Å². The molecular weight excluding hydrogens is 343 g/mol. The summed E-state index contributed by atoms with van der Waals surface area (Å²) in [4.78, 5) is 20.8. The molecule has 0 bridgehead atoms. The summed E-state index contributed by atoms with van der Waals surface area (Å²) in [6.45, 7) is 1.68. The van der Waals surface area contributed by atoms with Crippen molar-refractivity contribution in [2.75, 3.05) is 10.6 Å². The Morgan fingerprint density at radius 3 is 2.52 bits per heavy atom. The summed E-state index contributed by atoms with van der Waals surface area (Å²) >= 11 is 6.05. The molecular formula is C18H14ClFN4O. The average Bonchev–Trinajstić information content (AvgIpc) is 2.58. The summed E-state index contributed by atoms with van der Waals surface area (Å²) in [5, 5.41) is 6.17. The molecule has 0 unspecified atom stereocenters. The molecule has 0 saturated carbocycles. The fourth-order valence-electron chi connectivity index (χ4n) is 2.18. The van der Waals surface area contributed by atoms with Gasteiger partial charge in [-0.05, 0) is 43.3 Å². The summed E-state index contributed by atoms with van der Waals surface area (Å²) in [6, 6.07) is 14.3. The number of nitrogens with one attached hydrogen (secondary N) is 2. The minimum atomic E-state index is -0.402. The molecule has 0 fully saturated rings. The lowest BCUT2D eigenvalue weighted by atomic mass is 10.3. The Morgan fingerprint density at radius 1 is 1.08 bits per heavy atom. The van der Waals surface area contributed by atoms with Crippen LogP contribution in [-0.2, 0) is 0 Å². The largest absolute Gasteiger partial charge is 0.340 e.